The smallest absolute Gasteiger partial charge is 0.228 e. The Morgan fingerprint density at radius 1 is 1.24 bits per heavy atom. The highest BCUT2D eigenvalue weighted by molar-refractivity contribution is 5.95. The largest absolute Gasteiger partial charge is 0.470 e. The van der Waals surface area contributed by atoms with Gasteiger partial charge in [-0.1, -0.05) is 13.8 Å². The van der Waals surface area contributed by atoms with Gasteiger partial charge in [-0.25, -0.2) is 0 Å². The summed E-state index contributed by atoms with van der Waals surface area (Å²) < 4.78 is 10.8. The fourth-order valence-corrected chi connectivity index (χ4v) is 4.73. The summed E-state index contributed by atoms with van der Waals surface area (Å²) in [5.74, 6) is -0.204. The third kappa shape index (κ3) is 4.02. The van der Waals surface area contributed by atoms with Crippen LogP contribution in [-0.2, 0) is 14.3 Å². The summed E-state index contributed by atoms with van der Waals surface area (Å²) in [6.07, 6.45) is -2.40. The Bertz CT molecular complexity index is 686. The molecule has 29 heavy (non-hydrogen) atoms. The number of rotatable bonds is 4. The number of allylic oxidation sites excluding steroid dienone is 2. The van der Waals surface area contributed by atoms with Crippen LogP contribution in [0.25, 0.3) is 0 Å². The first-order valence-corrected chi connectivity index (χ1v) is 10.2. The Morgan fingerprint density at radius 3 is 2.59 bits per heavy atom. The average Bonchev–Trinajstić information content (AvgIpc) is 2.69. The number of ether oxygens (including phenoxy) is 2. The van der Waals surface area contributed by atoms with Crippen LogP contribution >= 0.6 is 0 Å². The molecule has 9 atom stereocenters. The van der Waals surface area contributed by atoms with Gasteiger partial charge in [0.15, 0.2) is 5.78 Å². The van der Waals surface area contributed by atoms with Crippen LogP contribution in [0.4, 0.5) is 0 Å². The Morgan fingerprint density at radius 2 is 1.93 bits per heavy atom. The van der Waals surface area contributed by atoms with Crippen molar-refractivity contribution in [2.45, 2.75) is 76.8 Å². The Hall–Kier alpha value is -1.29. The summed E-state index contributed by atoms with van der Waals surface area (Å²) in [5, 5.41) is 49.4. The van der Waals surface area contributed by atoms with Crippen molar-refractivity contribution in [3.05, 3.63) is 23.5 Å². The fraction of sp³-hybridized carbons (Fsp3) is 0.762. The van der Waals surface area contributed by atoms with Crippen molar-refractivity contribution in [2.75, 3.05) is 6.61 Å². The first-order valence-electron chi connectivity index (χ1n) is 10.2. The monoisotopic (exact) mass is 412 g/mol. The van der Waals surface area contributed by atoms with E-state index in [9.17, 15) is 30.3 Å². The second-order valence-electron chi connectivity index (χ2n) is 8.87. The Kier molecular flexibility index (Phi) is 6.53. The lowest BCUT2D eigenvalue weighted by Gasteiger charge is -2.48. The number of carbonyl (C=O) groups is 1. The van der Waals surface area contributed by atoms with Crippen molar-refractivity contribution in [1.82, 2.24) is 0 Å². The number of hydrogen-bond acceptors (Lipinski definition) is 8. The average molecular weight is 412 g/mol. The van der Waals surface area contributed by atoms with Crippen molar-refractivity contribution < 1.29 is 39.8 Å². The number of carbonyl (C=O) groups excluding carboxylic acids is 1. The van der Waals surface area contributed by atoms with E-state index in [1.54, 1.807) is 13.0 Å². The van der Waals surface area contributed by atoms with E-state index in [-0.39, 0.29) is 11.2 Å². The molecule has 1 aliphatic heterocycles. The molecule has 3 aliphatic rings. The summed E-state index contributed by atoms with van der Waals surface area (Å²) >= 11 is 0. The molecule has 8 heteroatoms. The maximum absolute atomic E-state index is 12.7. The molecule has 2 aliphatic carbocycles. The lowest BCUT2D eigenvalue weighted by molar-refractivity contribution is -0.288. The van der Waals surface area contributed by atoms with Gasteiger partial charge in [-0.15, -0.1) is 0 Å². The predicted octanol–water partition coefficient (Wildman–Crippen LogP) is 0.0192. The zero-order valence-electron chi connectivity index (χ0n) is 17.1. The van der Waals surface area contributed by atoms with Crippen LogP contribution in [0.1, 0.15) is 40.0 Å². The number of aliphatic hydroxyl groups is 5. The normalized spacial score (nSPS) is 46.1. The molecular weight excluding hydrogens is 380 g/mol. The zero-order valence-corrected chi connectivity index (χ0v) is 17.1. The molecule has 0 aromatic carbocycles. The number of ketones is 1. The van der Waals surface area contributed by atoms with Gasteiger partial charge >= 0.3 is 0 Å². The second kappa shape index (κ2) is 8.45. The molecule has 0 radical (unpaired) electrons. The van der Waals surface area contributed by atoms with Crippen LogP contribution in [0.15, 0.2) is 23.5 Å². The van der Waals surface area contributed by atoms with Gasteiger partial charge in [0, 0.05) is 5.92 Å². The maximum Gasteiger partial charge on any atom is 0.228 e. The van der Waals surface area contributed by atoms with E-state index in [1.165, 1.54) is 6.26 Å². The minimum atomic E-state index is -1.52. The highest BCUT2D eigenvalue weighted by Crippen LogP contribution is 2.52. The maximum atomic E-state index is 12.7. The van der Waals surface area contributed by atoms with Crippen LogP contribution < -0.4 is 0 Å². The van der Waals surface area contributed by atoms with Gasteiger partial charge in [0.1, 0.15) is 24.4 Å². The lowest BCUT2D eigenvalue weighted by atomic mass is 9.57. The summed E-state index contributed by atoms with van der Waals surface area (Å²) in [7, 11) is 0. The highest BCUT2D eigenvalue weighted by atomic mass is 16.7. The van der Waals surface area contributed by atoms with Gasteiger partial charge < -0.3 is 35.0 Å². The molecule has 0 spiro atoms. The molecule has 8 nitrogen and oxygen atoms in total. The molecule has 1 saturated heterocycles. The molecular formula is C21H32O8. The number of aliphatic hydroxyl groups excluding tert-OH is 5. The molecule has 0 amide bonds. The first kappa shape index (κ1) is 22.4. The van der Waals surface area contributed by atoms with Crippen LogP contribution in [0.5, 0.6) is 0 Å². The summed E-state index contributed by atoms with van der Waals surface area (Å²) in [4.78, 5) is 12.7. The molecule has 1 heterocycles. The van der Waals surface area contributed by atoms with Crippen molar-refractivity contribution in [3.63, 3.8) is 0 Å². The predicted molar refractivity (Wildman–Crippen MR) is 102 cm³/mol. The molecule has 5 N–H and O–H groups in total. The van der Waals surface area contributed by atoms with E-state index >= 15 is 0 Å². The summed E-state index contributed by atoms with van der Waals surface area (Å²) in [6, 6.07) is 0. The molecule has 0 aromatic rings. The van der Waals surface area contributed by atoms with Gasteiger partial charge in [0.25, 0.3) is 0 Å². The quantitative estimate of drug-likeness (QED) is 0.408. The van der Waals surface area contributed by atoms with E-state index in [4.69, 9.17) is 9.47 Å². The van der Waals surface area contributed by atoms with E-state index < -0.39 is 49.3 Å². The highest BCUT2D eigenvalue weighted by Gasteiger charge is 2.48. The molecule has 0 bridgehead atoms. The number of hydrogen-bond donors (Lipinski definition) is 5. The van der Waals surface area contributed by atoms with Crippen LogP contribution in [0.3, 0.4) is 0 Å². The number of fused-ring (bicyclic) bond motifs is 1. The Labute approximate surface area is 170 Å². The summed E-state index contributed by atoms with van der Waals surface area (Å²) in [6.45, 7) is 5.42. The van der Waals surface area contributed by atoms with Gasteiger partial charge in [0.2, 0.25) is 6.29 Å². The van der Waals surface area contributed by atoms with Crippen molar-refractivity contribution in [3.8, 4) is 0 Å². The van der Waals surface area contributed by atoms with Gasteiger partial charge in [0.05, 0.1) is 19.0 Å². The standard InChI is InChI=1S/C21H32O8/c1-10(9-28-20-19(27)18(26)17(25)16(8-22)29-20)12-7-21(3)11(2)4-5-14(23)13(21)6-15(12)24/h6,9,11-12,14,16-20,22-23,25-27H,4-5,7-8H2,1-3H3/t11-,12-,14+,16+,17+,18-,19+,20+,21+/m0/s1. The molecule has 0 unspecified atom stereocenters. The minimum Gasteiger partial charge on any atom is -0.470 e. The third-order valence-electron chi connectivity index (χ3n) is 7.03. The lowest BCUT2D eigenvalue weighted by Crippen LogP contribution is -2.58. The summed E-state index contributed by atoms with van der Waals surface area (Å²) in [5.41, 5.74) is 1.16. The first-order chi connectivity index (χ1) is 13.6. The zero-order chi connectivity index (χ0) is 21.5. The molecule has 164 valence electrons. The van der Waals surface area contributed by atoms with Crippen LogP contribution in [0.2, 0.25) is 0 Å². The SMILES string of the molecule is CC(=CO[C@@H]1O[C@H](CO)[C@@H](O)[C@H](O)[C@H]1O)[C@@H]1C[C@@]2(C)C(=CC1=O)[C@H](O)CC[C@@H]2C. The van der Waals surface area contributed by atoms with Crippen LogP contribution in [-0.4, -0.2) is 74.7 Å². The van der Waals surface area contributed by atoms with E-state index in [0.717, 1.165) is 12.0 Å². The van der Waals surface area contributed by atoms with Crippen molar-refractivity contribution in [1.29, 1.82) is 0 Å². The Balaban J connectivity index is 1.75. The molecule has 0 aromatic heterocycles. The van der Waals surface area contributed by atoms with Gasteiger partial charge in [-0.3, -0.25) is 4.79 Å². The molecule has 2 fully saturated rings. The third-order valence-corrected chi connectivity index (χ3v) is 7.03. The minimum absolute atomic E-state index is 0.100. The van der Waals surface area contributed by atoms with Gasteiger partial charge in [-0.2, -0.15) is 0 Å². The van der Waals surface area contributed by atoms with Gasteiger partial charge in [-0.05, 0) is 54.7 Å². The molecule has 1 saturated carbocycles. The van der Waals surface area contributed by atoms with E-state index in [0.29, 0.717) is 24.3 Å². The fourth-order valence-electron chi connectivity index (χ4n) is 4.73. The second-order valence-corrected chi connectivity index (χ2v) is 8.87. The van der Waals surface area contributed by atoms with Crippen molar-refractivity contribution in [2.24, 2.45) is 17.3 Å². The van der Waals surface area contributed by atoms with E-state index in [2.05, 4.69) is 13.8 Å². The van der Waals surface area contributed by atoms with Crippen molar-refractivity contribution >= 4 is 5.78 Å². The topological polar surface area (TPSA) is 137 Å². The van der Waals surface area contributed by atoms with Crippen LogP contribution in [0, 0.1) is 17.3 Å². The van der Waals surface area contributed by atoms with E-state index in [1.807, 2.05) is 0 Å². The molecule has 3 rings (SSSR count).